The van der Waals surface area contributed by atoms with Gasteiger partial charge in [-0.3, -0.25) is 4.79 Å². The Morgan fingerprint density at radius 2 is 2.17 bits per heavy atom. The number of carbonyl (C=O) groups excluding carboxylic acids is 2. The van der Waals surface area contributed by atoms with Gasteiger partial charge >= 0.3 is 12.0 Å². The molecule has 0 aliphatic heterocycles. The van der Waals surface area contributed by atoms with E-state index in [1.54, 1.807) is 12.1 Å². The predicted molar refractivity (Wildman–Crippen MR) is 68.2 cm³/mol. The van der Waals surface area contributed by atoms with Gasteiger partial charge in [0.2, 0.25) is 0 Å². The summed E-state index contributed by atoms with van der Waals surface area (Å²) < 4.78 is 4.56. The minimum atomic E-state index is -0.596. The van der Waals surface area contributed by atoms with Gasteiger partial charge in [-0.2, -0.15) is 0 Å². The first-order chi connectivity index (χ1) is 8.52. The normalized spacial score (nSPS) is 9.89. The molecule has 6 heteroatoms. The van der Waals surface area contributed by atoms with Crippen LogP contribution in [0.2, 0.25) is 5.02 Å². The van der Waals surface area contributed by atoms with Crippen LogP contribution in [-0.2, 0) is 22.5 Å². The van der Waals surface area contributed by atoms with Crippen molar-refractivity contribution < 1.29 is 14.3 Å². The number of amides is 2. The Hall–Kier alpha value is -1.75. The van der Waals surface area contributed by atoms with Gasteiger partial charge in [0.1, 0.15) is 0 Å². The second-order valence-corrected chi connectivity index (χ2v) is 4.13. The van der Waals surface area contributed by atoms with Crippen molar-refractivity contribution in [1.82, 2.24) is 5.32 Å². The number of carbonyl (C=O) groups is 2. The number of esters is 1. The molecule has 5 nitrogen and oxygen atoms in total. The topological polar surface area (TPSA) is 81.4 Å². The molecule has 0 saturated carbocycles. The monoisotopic (exact) mass is 270 g/mol. The zero-order valence-corrected chi connectivity index (χ0v) is 10.8. The first-order valence-corrected chi connectivity index (χ1v) is 5.78. The number of nitrogens with two attached hydrogens (primary N) is 1. The van der Waals surface area contributed by atoms with Gasteiger partial charge < -0.3 is 15.8 Å². The Bertz CT molecular complexity index is 449. The summed E-state index contributed by atoms with van der Waals surface area (Å²) in [6, 6.07) is 4.82. The molecule has 0 spiro atoms. The van der Waals surface area contributed by atoms with E-state index in [9.17, 15) is 9.59 Å². The van der Waals surface area contributed by atoms with Gasteiger partial charge in [-0.1, -0.05) is 23.7 Å². The summed E-state index contributed by atoms with van der Waals surface area (Å²) in [5.41, 5.74) is 6.69. The fourth-order valence-corrected chi connectivity index (χ4v) is 1.69. The van der Waals surface area contributed by atoms with E-state index in [-0.39, 0.29) is 12.5 Å². The van der Waals surface area contributed by atoms with Crippen LogP contribution in [0.3, 0.4) is 0 Å². The third-order valence-electron chi connectivity index (χ3n) is 2.42. The van der Waals surface area contributed by atoms with Crippen molar-refractivity contribution in [3.8, 4) is 0 Å². The summed E-state index contributed by atoms with van der Waals surface area (Å²) in [7, 11) is 1.36. The van der Waals surface area contributed by atoms with Crippen LogP contribution in [0.1, 0.15) is 17.5 Å². The third-order valence-corrected chi connectivity index (χ3v) is 2.77. The molecule has 0 atom stereocenters. The van der Waals surface area contributed by atoms with Crippen LogP contribution < -0.4 is 11.1 Å². The molecule has 1 aromatic carbocycles. The van der Waals surface area contributed by atoms with Crippen molar-refractivity contribution in [2.45, 2.75) is 19.4 Å². The number of ether oxygens (including phenoxy) is 1. The highest BCUT2D eigenvalue weighted by Gasteiger charge is 2.05. The van der Waals surface area contributed by atoms with Crippen molar-refractivity contribution in [3.63, 3.8) is 0 Å². The number of rotatable bonds is 5. The highest BCUT2D eigenvalue weighted by Crippen LogP contribution is 2.18. The number of primary amides is 1. The maximum atomic E-state index is 11.0. The number of nitrogens with one attached hydrogen (secondary N) is 1. The Balaban J connectivity index is 2.61. The van der Waals surface area contributed by atoms with Crippen LogP contribution in [0.15, 0.2) is 18.2 Å². The van der Waals surface area contributed by atoms with Gasteiger partial charge in [-0.25, -0.2) is 4.79 Å². The van der Waals surface area contributed by atoms with E-state index in [1.165, 1.54) is 7.11 Å². The minimum Gasteiger partial charge on any atom is -0.469 e. The zero-order valence-electron chi connectivity index (χ0n) is 10.0. The lowest BCUT2D eigenvalue weighted by Crippen LogP contribution is -2.28. The fraction of sp³-hybridized carbons (Fsp3) is 0.333. The van der Waals surface area contributed by atoms with Crippen LogP contribution in [-0.4, -0.2) is 19.1 Å². The number of urea groups is 1. The zero-order chi connectivity index (χ0) is 13.5. The lowest BCUT2D eigenvalue weighted by molar-refractivity contribution is -0.140. The van der Waals surface area contributed by atoms with Crippen LogP contribution in [0.4, 0.5) is 4.79 Å². The maximum Gasteiger partial charge on any atom is 0.312 e. The van der Waals surface area contributed by atoms with E-state index in [0.29, 0.717) is 17.9 Å². The molecular formula is C12H15ClN2O3. The SMILES string of the molecule is COC(=O)CCc1ccc(CNC(N)=O)c(Cl)c1. The third kappa shape index (κ3) is 4.63. The standard InChI is InChI=1S/C12H15ClN2O3/c1-18-11(16)5-3-8-2-4-9(10(13)6-8)7-15-12(14)17/h2,4,6H,3,5,7H2,1H3,(H3,14,15,17). The van der Waals surface area contributed by atoms with Gasteiger partial charge in [0.25, 0.3) is 0 Å². The number of benzene rings is 1. The number of hydrogen-bond acceptors (Lipinski definition) is 3. The summed E-state index contributed by atoms with van der Waals surface area (Å²) >= 11 is 6.05. The largest absolute Gasteiger partial charge is 0.469 e. The smallest absolute Gasteiger partial charge is 0.312 e. The fourth-order valence-electron chi connectivity index (χ4n) is 1.42. The van der Waals surface area contributed by atoms with E-state index in [0.717, 1.165) is 11.1 Å². The first kappa shape index (κ1) is 14.3. The highest BCUT2D eigenvalue weighted by atomic mass is 35.5. The lowest BCUT2D eigenvalue weighted by Gasteiger charge is -2.07. The van der Waals surface area contributed by atoms with Gasteiger partial charge in [0, 0.05) is 18.0 Å². The molecule has 0 fully saturated rings. The quantitative estimate of drug-likeness (QED) is 0.798. The van der Waals surface area contributed by atoms with Crippen molar-refractivity contribution in [1.29, 1.82) is 0 Å². The molecule has 0 aliphatic rings. The minimum absolute atomic E-state index is 0.259. The summed E-state index contributed by atoms with van der Waals surface area (Å²) in [5.74, 6) is -0.259. The van der Waals surface area contributed by atoms with Crippen molar-refractivity contribution in [3.05, 3.63) is 34.3 Å². The van der Waals surface area contributed by atoms with Crippen LogP contribution in [0.25, 0.3) is 0 Å². The Labute approximate surface area is 110 Å². The second kappa shape index (κ2) is 6.86. The molecule has 2 amide bonds. The van der Waals surface area contributed by atoms with Crippen molar-refractivity contribution in [2.24, 2.45) is 5.73 Å². The van der Waals surface area contributed by atoms with Gasteiger partial charge in [0.05, 0.1) is 7.11 Å². The Morgan fingerprint density at radius 3 is 2.72 bits per heavy atom. The molecule has 3 N–H and O–H groups in total. The van der Waals surface area contributed by atoms with E-state index in [1.807, 2.05) is 6.07 Å². The molecule has 0 saturated heterocycles. The van der Waals surface area contributed by atoms with Crippen molar-refractivity contribution >= 4 is 23.6 Å². The van der Waals surface area contributed by atoms with Crippen LogP contribution in [0.5, 0.6) is 0 Å². The number of aryl methyl sites for hydroxylation is 1. The van der Waals surface area contributed by atoms with Gasteiger partial charge in [0.15, 0.2) is 0 Å². The average Bonchev–Trinajstić information content (AvgIpc) is 2.34. The van der Waals surface area contributed by atoms with Gasteiger partial charge in [-0.05, 0) is 23.6 Å². The summed E-state index contributed by atoms with van der Waals surface area (Å²) in [5, 5.41) is 3.00. The molecule has 0 unspecified atom stereocenters. The van der Waals surface area contributed by atoms with Gasteiger partial charge in [-0.15, -0.1) is 0 Å². The van der Waals surface area contributed by atoms with Crippen LogP contribution >= 0.6 is 11.6 Å². The molecule has 0 radical (unpaired) electrons. The second-order valence-electron chi connectivity index (χ2n) is 3.72. The van der Waals surface area contributed by atoms with E-state index in [2.05, 4.69) is 10.1 Å². The molecule has 1 aromatic rings. The molecule has 0 heterocycles. The number of halogens is 1. The van der Waals surface area contributed by atoms with Crippen LogP contribution in [0, 0.1) is 0 Å². The highest BCUT2D eigenvalue weighted by molar-refractivity contribution is 6.31. The molecule has 1 rings (SSSR count). The summed E-state index contributed by atoms with van der Waals surface area (Å²) in [6.45, 7) is 0.283. The molecule has 0 aliphatic carbocycles. The van der Waals surface area contributed by atoms with E-state index in [4.69, 9.17) is 17.3 Å². The predicted octanol–water partition coefficient (Wildman–Crippen LogP) is 1.61. The number of methoxy groups -OCH3 is 1. The summed E-state index contributed by atoms with van der Waals surface area (Å²) in [6.07, 6.45) is 0.877. The number of hydrogen-bond donors (Lipinski definition) is 2. The lowest BCUT2D eigenvalue weighted by atomic mass is 10.1. The molecule has 18 heavy (non-hydrogen) atoms. The Morgan fingerprint density at radius 1 is 1.44 bits per heavy atom. The van der Waals surface area contributed by atoms with E-state index >= 15 is 0 Å². The van der Waals surface area contributed by atoms with E-state index < -0.39 is 6.03 Å². The molecule has 98 valence electrons. The molecule has 0 bridgehead atoms. The molecule has 0 aromatic heterocycles. The summed E-state index contributed by atoms with van der Waals surface area (Å²) in [4.78, 5) is 21.6. The molecular weight excluding hydrogens is 256 g/mol. The maximum absolute atomic E-state index is 11.0. The first-order valence-electron chi connectivity index (χ1n) is 5.40. The average molecular weight is 271 g/mol. The Kier molecular flexibility index (Phi) is 5.45. The van der Waals surface area contributed by atoms with Crippen molar-refractivity contribution in [2.75, 3.05) is 7.11 Å².